The molecule has 4 aromatic rings. The van der Waals surface area contributed by atoms with Crippen LogP contribution in [0.1, 0.15) is 34.5 Å². The summed E-state index contributed by atoms with van der Waals surface area (Å²) in [6.07, 6.45) is 2.50. The van der Waals surface area contributed by atoms with Crippen LogP contribution in [-0.2, 0) is 22.0 Å². The highest BCUT2D eigenvalue weighted by atomic mass is 32.2. The quantitative estimate of drug-likeness (QED) is 0.387. The predicted octanol–water partition coefficient (Wildman–Crippen LogP) is 3.95. The fraction of sp³-hybridized carbons (Fsp3) is 0.250. The van der Waals surface area contributed by atoms with Crippen molar-refractivity contribution in [2.24, 2.45) is 0 Å². The van der Waals surface area contributed by atoms with Crippen molar-refractivity contribution in [2.45, 2.75) is 35.5 Å². The Morgan fingerprint density at radius 3 is 2.41 bits per heavy atom. The number of halogens is 1. The summed E-state index contributed by atoms with van der Waals surface area (Å²) in [5, 5.41) is 11.7. The molecule has 1 aliphatic heterocycles. The molecule has 1 fully saturated rings. The summed E-state index contributed by atoms with van der Waals surface area (Å²) in [7, 11) is -3.65. The smallest absolute Gasteiger partial charge is 0.253 e. The number of para-hydroxylation sites is 1. The molecule has 2 aromatic carbocycles. The van der Waals surface area contributed by atoms with Crippen LogP contribution in [-0.4, -0.2) is 53.0 Å². The third kappa shape index (κ3) is 5.52. The van der Waals surface area contributed by atoms with Crippen molar-refractivity contribution in [3.63, 3.8) is 0 Å². The average Bonchev–Trinajstić information content (AvgIpc) is 2.88. The van der Waals surface area contributed by atoms with E-state index in [1.165, 1.54) is 6.07 Å². The van der Waals surface area contributed by atoms with Gasteiger partial charge in [-0.2, -0.15) is 4.39 Å². The number of aliphatic hydroxyl groups is 1. The number of sulfone groups is 1. The van der Waals surface area contributed by atoms with E-state index in [9.17, 15) is 22.7 Å². The molecule has 7 nitrogen and oxygen atoms in total. The van der Waals surface area contributed by atoms with Gasteiger partial charge in [0, 0.05) is 42.4 Å². The van der Waals surface area contributed by atoms with Crippen LogP contribution in [0.3, 0.4) is 0 Å². The van der Waals surface area contributed by atoms with Crippen molar-refractivity contribution in [3.8, 4) is 0 Å². The summed E-state index contributed by atoms with van der Waals surface area (Å²) >= 11 is 0. The fourth-order valence-corrected chi connectivity index (χ4v) is 6.28. The molecule has 3 heterocycles. The number of fused-ring (bicyclic) bond motifs is 1. The van der Waals surface area contributed by atoms with Crippen molar-refractivity contribution >= 4 is 26.6 Å². The number of benzene rings is 2. The number of carbonyl (C=O) groups is 1. The second kappa shape index (κ2) is 9.99. The number of hydrogen-bond donors (Lipinski definition) is 1. The van der Waals surface area contributed by atoms with Crippen LogP contribution in [0.2, 0.25) is 0 Å². The molecule has 0 spiro atoms. The summed E-state index contributed by atoms with van der Waals surface area (Å²) in [5.74, 6) is -0.973. The van der Waals surface area contributed by atoms with Gasteiger partial charge in [0.25, 0.3) is 5.91 Å². The van der Waals surface area contributed by atoms with Crippen LogP contribution in [0.5, 0.6) is 0 Å². The second-order valence-corrected chi connectivity index (χ2v) is 11.4. The van der Waals surface area contributed by atoms with Crippen LogP contribution in [0, 0.1) is 5.95 Å². The average molecular weight is 520 g/mol. The molecule has 9 heteroatoms. The van der Waals surface area contributed by atoms with E-state index in [0.717, 1.165) is 5.39 Å². The summed E-state index contributed by atoms with van der Waals surface area (Å²) in [6, 6.07) is 19.7. The van der Waals surface area contributed by atoms with Gasteiger partial charge in [-0.3, -0.25) is 9.78 Å². The first-order valence-corrected chi connectivity index (χ1v) is 13.7. The van der Waals surface area contributed by atoms with Gasteiger partial charge in [0.15, 0.2) is 9.84 Å². The van der Waals surface area contributed by atoms with E-state index in [-0.39, 0.29) is 23.0 Å². The number of carbonyl (C=O) groups excluding carboxylic acids is 1. The first kappa shape index (κ1) is 25.0. The van der Waals surface area contributed by atoms with Crippen LogP contribution in [0.25, 0.3) is 10.9 Å². The minimum Gasteiger partial charge on any atom is -0.389 e. The third-order valence-corrected chi connectivity index (χ3v) is 8.47. The summed E-state index contributed by atoms with van der Waals surface area (Å²) in [6.45, 7) is 0.712. The van der Waals surface area contributed by atoms with E-state index >= 15 is 0 Å². The van der Waals surface area contributed by atoms with E-state index in [1.54, 1.807) is 65.7 Å². The molecule has 1 saturated heterocycles. The Labute approximate surface area is 214 Å². The van der Waals surface area contributed by atoms with E-state index in [1.807, 2.05) is 12.1 Å². The molecule has 5 rings (SSSR count). The Bertz CT molecular complexity index is 1540. The first-order chi connectivity index (χ1) is 17.7. The number of amides is 1. The van der Waals surface area contributed by atoms with Gasteiger partial charge in [-0.1, -0.05) is 36.4 Å². The van der Waals surface area contributed by atoms with Gasteiger partial charge in [0.1, 0.15) is 0 Å². The van der Waals surface area contributed by atoms with Gasteiger partial charge in [-0.05, 0) is 54.8 Å². The lowest BCUT2D eigenvalue weighted by Crippen LogP contribution is -2.47. The van der Waals surface area contributed by atoms with Crippen molar-refractivity contribution < 1.29 is 22.7 Å². The van der Waals surface area contributed by atoms with Gasteiger partial charge in [-0.25, -0.2) is 13.4 Å². The lowest BCUT2D eigenvalue weighted by atomic mass is 9.86. The van der Waals surface area contributed by atoms with E-state index in [2.05, 4.69) is 9.97 Å². The van der Waals surface area contributed by atoms with Gasteiger partial charge >= 0.3 is 0 Å². The molecule has 190 valence electrons. The molecule has 0 unspecified atom stereocenters. The van der Waals surface area contributed by atoms with E-state index in [0.29, 0.717) is 48.3 Å². The Hall–Kier alpha value is -3.69. The highest BCUT2D eigenvalue weighted by Crippen LogP contribution is 2.28. The molecule has 0 bridgehead atoms. The number of nitrogens with zero attached hydrogens (tertiary/aromatic N) is 3. The summed E-state index contributed by atoms with van der Waals surface area (Å²) < 4.78 is 39.6. The standard InChI is InChI=1S/C28H26FN3O4S/c29-25-8-2-6-23(31-25)18-28(34)13-16-32(17-14-28)27(33)22-11-9-20(10-12-22)19-37(35,36)24-7-1-4-21-5-3-15-30-26(21)24/h1-12,15,34H,13-14,16-19H2. The van der Waals surface area contributed by atoms with Crippen LogP contribution >= 0.6 is 0 Å². The monoisotopic (exact) mass is 519 g/mol. The molecule has 1 N–H and O–H groups in total. The van der Waals surface area contributed by atoms with E-state index < -0.39 is 21.4 Å². The topological polar surface area (TPSA) is 100 Å². The van der Waals surface area contributed by atoms with Gasteiger partial charge in [0.05, 0.1) is 21.8 Å². The highest BCUT2D eigenvalue weighted by molar-refractivity contribution is 7.90. The molecular weight excluding hydrogens is 493 g/mol. The molecule has 1 amide bonds. The lowest BCUT2D eigenvalue weighted by molar-refractivity contribution is -0.0169. The number of rotatable bonds is 6. The minimum atomic E-state index is -3.65. The molecule has 0 aliphatic carbocycles. The normalized spacial score (nSPS) is 15.6. The van der Waals surface area contributed by atoms with Gasteiger partial charge in [0.2, 0.25) is 5.95 Å². The van der Waals surface area contributed by atoms with Crippen molar-refractivity contribution in [1.29, 1.82) is 0 Å². The number of aromatic nitrogens is 2. The second-order valence-electron chi connectivity index (χ2n) is 9.43. The maximum Gasteiger partial charge on any atom is 0.253 e. The summed E-state index contributed by atoms with van der Waals surface area (Å²) in [5.41, 5.74) is 0.888. The van der Waals surface area contributed by atoms with Crippen LogP contribution < -0.4 is 0 Å². The van der Waals surface area contributed by atoms with E-state index in [4.69, 9.17) is 0 Å². The number of likely N-dealkylation sites (tertiary alicyclic amines) is 1. The zero-order valence-electron chi connectivity index (χ0n) is 20.0. The van der Waals surface area contributed by atoms with Crippen molar-refractivity contribution in [1.82, 2.24) is 14.9 Å². The number of pyridine rings is 2. The van der Waals surface area contributed by atoms with Crippen LogP contribution in [0.4, 0.5) is 4.39 Å². The maximum absolute atomic E-state index is 13.4. The predicted molar refractivity (Wildman–Crippen MR) is 137 cm³/mol. The maximum atomic E-state index is 13.4. The minimum absolute atomic E-state index is 0.181. The fourth-order valence-electron chi connectivity index (χ4n) is 4.74. The largest absolute Gasteiger partial charge is 0.389 e. The molecule has 1 aliphatic rings. The lowest BCUT2D eigenvalue weighted by Gasteiger charge is -2.38. The van der Waals surface area contributed by atoms with Gasteiger partial charge in [-0.15, -0.1) is 0 Å². The number of hydrogen-bond acceptors (Lipinski definition) is 6. The molecule has 0 saturated carbocycles. The molecule has 37 heavy (non-hydrogen) atoms. The highest BCUT2D eigenvalue weighted by Gasteiger charge is 2.34. The van der Waals surface area contributed by atoms with Gasteiger partial charge < -0.3 is 10.0 Å². The SMILES string of the molecule is O=C(c1ccc(CS(=O)(=O)c2cccc3cccnc23)cc1)N1CCC(O)(Cc2cccc(F)n2)CC1. The zero-order chi connectivity index (χ0) is 26.0. The Kier molecular flexibility index (Phi) is 6.74. The van der Waals surface area contributed by atoms with Crippen molar-refractivity contribution in [2.75, 3.05) is 13.1 Å². The Morgan fingerprint density at radius 1 is 0.973 bits per heavy atom. The molecular formula is C28H26FN3O4S. The zero-order valence-corrected chi connectivity index (χ0v) is 20.9. The molecule has 2 aromatic heterocycles. The van der Waals surface area contributed by atoms with Crippen LogP contribution in [0.15, 0.2) is 83.9 Å². The Morgan fingerprint density at radius 2 is 1.68 bits per heavy atom. The molecule has 0 atom stereocenters. The first-order valence-electron chi connectivity index (χ1n) is 12.0. The number of piperidine rings is 1. The third-order valence-electron chi connectivity index (χ3n) is 6.75. The Balaban J connectivity index is 1.23. The summed E-state index contributed by atoms with van der Waals surface area (Å²) in [4.78, 5) is 23.0. The van der Waals surface area contributed by atoms with Crippen molar-refractivity contribution in [3.05, 3.63) is 102 Å². The molecule has 0 radical (unpaired) electrons.